The summed E-state index contributed by atoms with van der Waals surface area (Å²) in [5, 5.41) is 0.696. The van der Waals surface area contributed by atoms with Gasteiger partial charge in [0.1, 0.15) is 0 Å². The zero-order chi connectivity index (χ0) is 20.3. The number of pyridine rings is 1. The van der Waals surface area contributed by atoms with E-state index in [9.17, 15) is 17.6 Å². The molecule has 0 unspecified atom stereocenters. The van der Waals surface area contributed by atoms with E-state index < -0.39 is 21.7 Å². The zero-order valence-corrected chi connectivity index (χ0v) is 16.2. The van der Waals surface area contributed by atoms with Crippen LogP contribution in [0.3, 0.4) is 0 Å². The Morgan fingerprint density at radius 2 is 1.93 bits per heavy atom. The molecule has 0 saturated carbocycles. The van der Waals surface area contributed by atoms with Gasteiger partial charge in [-0.15, -0.1) is 0 Å². The van der Waals surface area contributed by atoms with Gasteiger partial charge in [0, 0.05) is 17.6 Å². The van der Waals surface area contributed by atoms with Crippen LogP contribution in [-0.2, 0) is 10.0 Å². The van der Waals surface area contributed by atoms with Gasteiger partial charge in [-0.2, -0.15) is 0 Å². The van der Waals surface area contributed by atoms with Gasteiger partial charge in [0.05, 0.1) is 29.6 Å². The summed E-state index contributed by atoms with van der Waals surface area (Å²) in [4.78, 5) is 17.3. The van der Waals surface area contributed by atoms with Crippen molar-refractivity contribution < 1.29 is 22.3 Å². The van der Waals surface area contributed by atoms with Crippen molar-refractivity contribution in [3.8, 4) is 5.75 Å². The average molecular weight is 402 g/mol. The summed E-state index contributed by atoms with van der Waals surface area (Å²) in [5.41, 5.74) is 0.678. The Bertz CT molecular complexity index is 1130. The molecule has 0 fully saturated rings. The van der Waals surface area contributed by atoms with Gasteiger partial charge in [-0.05, 0) is 30.7 Å². The lowest BCUT2D eigenvalue weighted by molar-refractivity contribution is 0.100. The number of fused-ring (bicyclic) bond motifs is 1. The second-order valence-electron chi connectivity index (χ2n) is 6.12. The first kappa shape index (κ1) is 19.8. The SMILES string of the molecule is CCCS(=O)(=O)N(C(=O)c1cnc2ccccc2c1)c1ccc(OC)c(F)c1. The number of hydrogen-bond donors (Lipinski definition) is 0. The van der Waals surface area contributed by atoms with Crippen molar-refractivity contribution in [3.05, 3.63) is 66.1 Å². The molecule has 0 spiro atoms. The van der Waals surface area contributed by atoms with Gasteiger partial charge in [-0.25, -0.2) is 17.1 Å². The fourth-order valence-corrected chi connectivity index (χ4v) is 4.33. The van der Waals surface area contributed by atoms with Crippen LogP contribution in [0.1, 0.15) is 23.7 Å². The number of sulfonamides is 1. The van der Waals surface area contributed by atoms with E-state index in [0.717, 1.165) is 6.07 Å². The van der Waals surface area contributed by atoms with Crippen LogP contribution < -0.4 is 9.04 Å². The van der Waals surface area contributed by atoms with Crippen molar-refractivity contribution in [3.63, 3.8) is 0 Å². The lowest BCUT2D eigenvalue weighted by atomic mass is 10.1. The molecule has 1 heterocycles. The standard InChI is InChI=1S/C20H19FN2O4S/c1-3-10-28(25,26)23(16-8-9-19(27-2)17(21)12-16)20(24)15-11-14-6-4-5-7-18(14)22-13-15/h4-9,11-13H,3,10H2,1-2H3. The number of ether oxygens (including phenoxy) is 1. The molecule has 1 aromatic heterocycles. The molecule has 3 aromatic rings. The maximum atomic E-state index is 14.2. The highest BCUT2D eigenvalue weighted by atomic mass is 32.2. The maximum absolute atomic E-state index is 14.2. The van der Waals surface area contributed by atoms with Crippen LogP contribution in [0.25, 0.3) is 10.9 Å². The molecule has 0 radical (unpaired) electrons. The predicted octanol–water partition coefficient (Wildman–Crippen LogP) is 3.77. The summed E-state index contributed by atoms with van der Waals surface area (Å²) >= 11 is 0. The molecule has 0 atom stereocenters. The summed E-state index contributed by atoms with van der Waals surface area (Å²) in [6.07, 6.45) is 1.62. The summed E-state index contributed by atoms with van der Waals surface area (Å²) < 4.78 is 45.3. The number of anilines is 1. The van der Waals surface area contributed by atoms with Crippen molar-refractivity contribution in [2.75, 3.05) is 17.2 Å². The highest BCUT2D eigenvalue weighted by Gasteiger charge is 2.30. The van der Waals surface area contributed by atoms with Crippen molar-refractivity contribution in [1.82, 2.24) is 4.98 Å². The Hall–Kier alpha value is -3.00. The molecular weight excluding hydrogens is 383 g/mol. The normalized spacial score (nSPS) is 11.4. The molecule has 0 saturated heterocycles. The molecule has 28 heavy (non-hydrogen) atoms. The second-order valence-corrected chi connectivity index (χ2v) is 8.06. The number of amides is 1. The molecule has 8 heteroatoms. The minimum absolute atomic E-state index is 0.0450. The number of para-hydroxylation sites is 1. The van der Waals surface area contributed by atoms with E-state index in [0.29, 0.717) is 21.6 Å². The first-order valence-electron chi connectivity index (χ1n) is 8.63. The molecule has 146 valence electrons. The van der Waals surface area contributed by atoms with Crippen LogP contribution in [0.2, 0.25) is 0 Å². The lowest BCUT2D eigenvalue weighted by Crippen LogP contribution is -2.38. The number of halogens is 1. The third kappa shape index (κ3) is 3.82. The van der Waals surface area contributed by atoms with Gasteiger partial charge in [0.2, 0.25) is 10.0 Å². The number of carbonyl (C=O) groups excluding carboxylic acids is 1. The molecule has 0 aliphatic heterocycles. The van der Waals surface area contributed by atoms with Crippen molar-refractivity contribution in [2.24, 2.45) is 0 Å². The second kappa shape index (κ2) is 7.93. The van der Waals surface area contributed by atoms with Gasteiger partial charge in [-0.3, -0.25) is 9.78 Å². The third-order valence-electron chi connectivity index (χ3n) is 4.13. The molecule has 0 N–H and O–H groups in total. The Kier molecular flexibility index (Phi) is 5.60. The van der Waals surface area contributed by atoms with Gasteiger partial charge >= 0.3 is 0 Å². The molecule has 6 nitrogen and oxygen atoms in total. The Morgan fingerprint density at radius 1 is 1.18 bits per heavy atom. The van der Waals surface area contributed by atoms with E-state index in [-0.39, 0.29) is 22.8 Å². The Labute approximate surface area is 162 Å². The van der Waals surface area contributed by atoms with Crippen LogP contribution in [0.5, 0.6) is 5.75 Å². The van der Waals surface area contributed by atoms with Crippen LogP contribution in [0.15, 0.2) is 54.7 Å². The van der Waals surface area contributed by atoms with Crippen LogP contribution >= 0.6 is 0 Å². The summed E-state index contributed by atoms with van der Waals surface area (Å²) in [7, 11) is -2.71. The third-order valence-corrected chi connectivity index (χ3v) is 5.99. The molecule has 0 aliphatic carbocycles. The van der Waals surface area contributed by atoms with E-state index in [1.54, 1.807) is 31.2 Å². The number of nitrogens with zero attached hydrogens (tertiary/aromatic N) is 2. The topological polar surface area (TPSA) is 76.6 Å². The lowest BCUT2D eigenvalue weighted by Gasteiger charge is -2.23. The monoisotopic (exact) mass is 402 g/mol. The number of hydrogen-bond acceptors (Lipinski definition) is 5. The van der Waals surface area contributed by atoms with E-state index in [4.69, 9.17) is 4.74 Å². The van der Waals surface area contributed by atoms with Crippen LogP contribution in [-0.4, -0.2) is 32.2 Å². The van der Waals surface area contributed by atoms with Gasteiger partial charge in [0.25, 0.3) is 5.91 Å². The predicted molar refractivity (Wildman–Crippen MR) is 106 cm³/mol. The first-order chi connectivity index (χ1) is 13.4. The molecular formula is C20H19FN2O4S. The summed E-state index contributed by atoms with van der Waals surface area (Å²) in [6, 6.07) is 12.3. The molecule has 1 amide bonds. The van der Waals surface area contributed by atoms with E-state index in [2.05, 4.69) is 4.98 Å². The Balaban J connectivity index is 2.12. The van der Waals surface area contributed by atoms with Gasteiger partial charge < -0.3 is 4.74 Å². The number of benzene rings is 2. The minimum Gasteiger partial charge on any atom is -0.494 e. The largest absolute Gasteiger partial charge is 0.494 e. The van der Waals surface area contributed by atoms with Crippen molar-refractivity contribution >= 4 is 32.5 Å². The van der Waals surface area contributed by atoms with Gasteiger partial charge in [0.15, 0.2) is 11.6 Å². The number of rotatable bonds is 6. The number of methoxy groups -OCH3 is 1. The quantitative estimate of drug-likeness (QED) is 0.627. The highest BCUT2D eigenvalue weighted by Crippen LogP contribution is 2.28. The highest BCUT2D eigenvalue weighted by molar-refractivity contribution is 7.93. The summed E-state index contributed by atoms with van der Waals surface area (Å²) in [6.45, 7) is 1.69. The zero-order valence-electron chi connectivity index (χ0n) is 15.4. The first-order valence-corrected chi connectivity index (χ1v) is 10.2. The van der Waals surface area contributed by atoms with Crippen molar-refractivity contribution in [2.45, 2.75) is 13.3 Å². The molecule has 0 bridgehead atoms. The van der Waals surface area contributed by atoms with Crippen molar-refractivity contribution in [1.29, 1.82) is 0 Å². The molecule has 2 aromatic carbocycles. The van der Waals surface area contributed by atoms with Crippen LogP contribution in [0.4, 0.5) is 10.1 Å². The number of carbonyl (C=O) groups is 1. The smallest absolute Gasteiger partial charge is 0.273 e. The minimum atomic E-state index is -4.01. The fourth-order valence-electron chi connectivity index (χ4n) is 2.84. The Morgan fingerprint density at radius 3 is 2.61 bits per heavy atom. The maximum Gasteiger partial charge on any atom is 0.273 e. The fraction of sp³-hybridized carbons (Fsp3) is 0.200. The number of aromatic nitrogens is 1. The van der Waals surface area contributed by atoms with E-state index in [1.165, 1.54) is 25.4 Å². The van der Waals surface area contributed by atoms with Crippen LogP contribution in [0, 0.1) is 5.82 Å². The molecule has 3 rings (SSSR count). The van der Waals surface area contributed by atoms with E-state index in [1.807, 2.05) is 6.07 Å². The average Bonchev–Trinajstić information content (AvgIpc) is 2.67. The van der Waals surface area contributed by atoms with E-state index >= 15 is 0 Å². The summed E-state index contributed by atoms with van der Waals surface area (Å²) in [5.74, 6) is -1.86. The van der Waals surface area contributed by atoms with Gasteiger partial charge in [-0.1, -0.05) is 25.1 Å². The molecule has 0 aliphatic rings.